The number of aliphatic hydroxyl groups excluding tert-OH is 2. The van der Waals surface area contributed by atoms with E-state index in [-0.39, 0.29) is 12.3 Å². The smallest absolute Gasteiger partial charge is 0.307 e. The van der Waals surface area contributed by atoms with Gasteiger partial charge in [0.15, 0.2) is 5.04 Å². The molecule has 0 spiro atoms. The fourth-order valence-corrected chi connectivity index (χ4v) is 1.38. The molecule has 0 fully saturated rings. The predicted octanol–water partition coefficient (Wildman–Crippen LogP) is -1.07. The molecule has 0 aliphatic carbocycles. The van der Waals surface area contributed by atoms with Gasteiger partial charge < -0.3 is 10.2 Å². The second kappa shape index (κ2) is 9.34. The highest BCUT2D eigenvalue weighted by Gasteiger charge is 2.09. The van der Waals surface area contributed by atoms with E-state index in [1.54, 1.807) is 6.92 Å². The average Bonchev–Trinajstić information content (AvgIpc) is 2.23. The number of aliphatic hydroxyl groups is 2. The monoisotopic (exact) mass is 321 g/mol. The van der Waals surface area contributed by atoms with Gasteiger partial charge in [0.1, 0.15) is 0 Å². The Morgan fingerprint density at radius 1 is 1.21 bits per heavy atom. The molecule has 9 nitrogen and oxygen atoms in total. The van der Waals surface area contributed by atoms with Crippen LogP contribution >= 0.6 is 0 Å². The SMILES string of the molecule is CC(=NCC(O)CO)S(=O)(=O)O.CCCS(=O)(=O)O. The molecule has 0 heterocycles. The zero-order valence-corrected chi connectivity index (χ0v) is 12.2. The van der Waals surface area contributed by atoms with Crippen molar-refractivity contribution in [1.82, 2.24) is 0 Å². The highest BCUT2D eigenvalue weighted by atomic mass is 32.2. The molecule has 0 aliphatic rings. The van der Waals surface area contributed by atoms with Crippen LogP contribution < -0.4 is 0 Å². The third kappa shape index (κ3) is 15.4. The highest BCUT2D eigenvalue weighted by Crippen LogP contribution is 1.90. The summed E-state index contributed by atoms with van der Waals surface area (Å²) in [7, 11) is -7.92. The normalized spacial score (nSPS) is 14.5. The van der Waals surface area contributed by atoms with Gasteiger partial charge in [-0.05, 0) is 13.3 Å². The topological polar surface area (TPSA) is 162 Å². The highest BCUT2D eigenvalue weighted by molar-refractivity contribution is 8.01. The lowest BCUT2D eigenvalue weighted by molar-refractivity contribution is 0.102. The van der Waals surface area contributed by atoms with Crippen LogP contribution in [0.3, 0.4) is 0 Å². The summed E-state index contributed by atoms with van der Waals surface area (Å²) in [5.41, 5.74) is 0. The molecule has 0 radical (unpaired) electrons. The van der Waals surface area contributed by atoms with E-state index in [9.17, 15) is 16.8 Å². The molecule has 0 aromatic rings. The van der Waals surface area contributed by atoms with Crippen molar-refractivity contribution >= 4 is 25.3 Å². The maximum absolute atomic E-state index is 10.3. The molecular weight excluding hydrogens is 302 g/mol. The van der Waals surface area contributed by atoms with Crippen LogP contribution in [0.2, 0.25) is 0 Å². The number of rotatable bonds is 5. The van der Waals surface area contributed by atoms with Gasteiger partial charge in [-0.3, -0.25) is 14.1 Å². The van der Waals surface area contributed by atoms with Gasteiger partial charge in [-0.1, -0.05) is 6.92 Å². The number of hydrogen-bond donors (Lipinski definition) is 4. The van der Waals surface area contributed by atoms with Crippen LogP contribution in [-0.2, 0) is 20.2 Å². The van der Waals surface area contributed by atoms with Crippen molar-refractivity contribution in [3.05, 3.63) is 0 Å². The molecule has 1 unspecified atom stereocenters. The van der Waals surface area contributed by atoms with E-state index in [0.717, 1.165) is 6.92 Å². The summed E-state index contributed by atoms with van der Waals surface area (Å²) in [6.07, 6.45) is -0.625. The average molecular weight is 321 g/mol. The molecule has 4 N–H and O–H groups in total. The summed E-state index contributed by atoms with van der Waals surface area (Å²) < 4.78 is 56.6. The van der Waals surface area contributed by atoms with E-state index in [4.69, 9.17) is 19.3 Å². The van der Waals surface area contributed by atoms with Crippen molar-refractivity contribution in [1.29, 1.82) is 0 Å². The number of aliphatic imine (C=N–C) groups is 1. The van der Waals surface area contributed by atoms with Crippen LogP contribution in [0.1, 0.15) is 20.3 Å². The Hall–Kier alpha value is -0.590. The first-order valence-corrected chi connectivity index (χ1v) is 8.21. The molecule has 0 saturated heterocycles. The van der Waals surface area contributed by atoms with Gasteiger partial charge >= 0.3 is 10.1 Å². The maximum atomic E-state index is 10.3. The molecule has 116 valence electrons. The van der Waals surface area contributed by atoms with E-state index in [2.05, 4.69) is 4.99 Å². The number of hydrogen-bond acceptors (Lipinski definition) is 7. The zero-order valence-electron chi connectivity index (χ0n) is 10.6. The lowest BCUT2D eigenvalue weighted by Crippen LogP contribution is -2.18. The summed E-state index contributed by atoms with van der Waals surface area (Å²) >= 11 is 0. The first-order chi connectivity index (χ1) is 8.44. The molecule has 0 bridgehead atoms. The van der Waals surface area contributed by atoms with Crippen LogP contribution in [0.15, 0.2) is 4.99 Å². The maximum Gasteiger partial charge on any atom is 0.307 e. The standard InChI is InChI=1S/C5H11NO5S.C3H8O3S/c1-4(12(9,10)11)6-2-5(8)3-7;1-2-3-7(4,5)6/h5,7-8H,2-3H2,1H3,(H,9,10,11);2-3H2,1H3,(H,4,5,6). The molecule has 0 rings (SSSR count). The fraction of sp³-hybridized carbons (Fsp3) is 0.875. The van der Waals surface area contributed by atoms with Gasteiger partial charge in [-0.2, -0.15) is 16.8 Å². The van der Waals surface area contributed by atoms with Crippen LogP contribution in [0.4, 0.5) is 0 Å². The Labute approximate surface area is 112 Å². The second-order valence-corrected chi connectivity index (χ2v) is 6.57. The van der Waals surface area contributed by atoms with Crippen LogP contribution in [-0.4, -0.2) is 66.2 Å². The van der Waals surface area contributed by atoms with E-state index in [0.29, 0.717) is 6.42 Å². The number of nitrogens with zero attached hydrogens (tertiary/aromatic N) is 1. The van der Waals surface area contributed by atoms with Crippen molar-refractivity contribution in [3.8, 4) is 0 Å². The van der Waals surface area contributed by atoms with Gasteiger partial charge in [-0.25, -0.2) is 0 Å². The van der Waals surface area contributed by atoms with E-state index >= 15 is 0 Å². The molecule has 0 aliphatic heterocycles. The lowest BCUT2D eigenvalue weighted by atomic mass is 10.4. The second-order valence-electron chi connectivity index (χ2n) is 3.46. The summed E-state index contributed by atoms with van der Waals surface area (Å²) in [6.45, 7) is 2.04. The van der Waals surface area contributed by atoms with Crippen LogP contribution in [0.5, 0.6) is 0 Å². The molecule has 1 atom stereocenters. The van der Waals surface area contributed by atoms with Crippen molar-refractivity contribution in [3.63, 3.8) is 0 Å². The fourth-order valence-electron chi connectivity index (χ4n) is 0.631. The van der Waals surface area contributed by atoms with E-state index < -0.39 is 38.0 Å². The minimum Gasteiger partial charge on any atom is -0.394 e. The first-order valence-electron chi connectivity index (χ1n) is 5.16. The molecule has 0 amide bonds. The zero-order chi connectivity index (χ0) is 15.7. The van der Waals surface area contributed by atoms with Gasteiger partial charge in [0.25, 0.3) is 10.1 Å². The predicted molar refractivity (Wildman–Crippen MR) is 69.3 cm³/mol. The Bertz CT molecular complexity index is 467. The third-order valence-electron chi connectivity index (χ3n) is 1.57. The van der Waals surface area contributed by atoms with E-state index in [1.165, 1.54) is 0 Å². The Morgan fingerprint density at radius 2 is 1.68 bits per heavy atom. The molecule has 0 aromatic heterocycles. The van der Waals surface area contributed by atoms with Gasteiger partial charge in [-0.15, -0.1) is 0 Å². The van der Waals surface area contributed by atoms with Crippen LogP contribution in [0, 0.1) is 0 Å². The van der Waals surface area contributed by atoms with Crippen molar-refractivity contribution < 1.29 is 36.2 Å². The Balaban J connectivity index is 0. The Kier molecular flexibility index (Phi) is 10.2. The Morgan fingerprint density at radius 3 is 1.89 bits per heavy atom. The minimum atomic E-state index is -4.25. The van der Waals surface area contributed by atoms with Crippen molar-refractivity contribution in [2.24, 2.45) is 4.99 Å². The summed E-state index contributed by atoms with van der Waals surface area (Å²) in [4.78, 5) is 3.33. The molecule has 19 heavy (non-hydrogen) atoms. The lowest BCUT2D eigenvalue weighted by Gasteiger charge is -2.02. The van der Waals surface area contributed by atoms with Gasteiger partial charge in [0, 0.05) is 0 Å². The summed E-state index contributed by atoms with van der Waals surface area (Å²) in [5, 5.41) is 16.6. The summed E-state index contributed by atoms with van der Waals surface area (Å²) in [5.74, 6) is -0.132. The van der Waals surface area contributed by atoms with Crippen LogP contribution in [0.25, 0.3) is 0 Å². The van der Waals surface area contributed by atoms with Gasteiger partial charge in [0.05, 0.1) is 25.0 Å². The van der Waals surface area contributed by atoms with Gasteiger partial charge in [0.2, 0.25) is 0 Å². The minimum absolute atomic E-state index is 0.132. The quantitative estimate of drug-likeness (QED) is 0.282. The summed E-state index contributed by atoms with van der Waals surface area (Å²) in [6, 6.07) is 0. The third-order valence-corrected chi connectivity index (χ3v) is 3.37. The molecule has 0 aromatic carbocycles. The molecule has 0 saturated carbocycles. The first kappa shape index (κ1) is 20.7. The molecule has 11 heteroatoms. The largest absolute Gasteiger partial charge is 0.394 e. The van der Waals surface area contributed by atoms with Crippen molar-refractivity contribution in [2.45, 2.75) is 26.4 Å². The van der Waals surface area contributed by atoms with E-state index in [1.807, 2.05) is 0 Å². The van der Waals surface area contributed by atoms with Crippen molar-refractivity contribution in [2.75, 3.05) is 18.9 Å². The molecular formula is C8H19NO8S2.